The summed E-state index contributed by atoms with van der Waals surface area (Å²) in [4.78, 5) is 14.3. The van der Waals surface area contributed by atoms with Crippen LogP contribution in [0.15, 0.2) is 42.6 Å². The van der Waals surface area contributed by atoms with Gasteiger partial charge >= 0.3 is 0 Å². The summed E-state index contributed by atoms with van der Waals surface area (Å²) in [5.41, 5.74) is 3.40. The van der Waals surface area contributed by atoms with Crippen molar-refractivity contribution < 1.29 is 4.79 Å². The molecule has 0 saturated carbocycles. The molecule has 114 valence electrons. The van der Waals surface area contributed by atoms with E-state index in [1.165, 1.54) is 11.3 Å². The number of aryl methyl sites for hydroxylation is 1. The van der Waals surface area contributed by atoms with Gasteiger partial charge in [-0.05, 0) is 37.0 Å². The molecule has 22 heavy (non-hydrogen) atoms. The Morgan fingerprint density at radius 2 is 2.18 bits per heavy atom. The van der Waals surface area contributed by atoms with Gasteiger partial charge in [-0.1, -0.05) is 30.3 Å². The van der Waals surface area contributed by atoms with E-state index in [2.05, 4.69) is 17.1 Å². The molecule has 0 aliphatic carbocycles. The van der Waals surface area contributed by atoms with Gasteiger partial charge < -0.3 is 4.90 Å². The minimum Gasteiger partial charge on any atom is -0.338 e. The topological polar surface area (TPSA) is 49.0 Å². The van der Waals surface area contributed by atoms with E-state index in [4.69, 9.17) is 0 Å². The van der Waals surface area contributed by atoms with E-state index in [9.17, 15) is 4.79 Å². The van der Waals surface area contributed by atoms with Crippen LogP contribution >= 0.6 is 0 Å². The van der Waals surface area contributed by atoms with Gasteiger partial charge in [0.1, 0.15) is 0 Å². The van der Waals surface area contributed by atoms with Crippen LogP contribution in [0.1, 0.15) is 35.6 Å². The number of H-pyrrole nitrogens is 1. The monoisotopic (exact) mass is 295 g/mol. The second kappa shape index (κ2) is 6.60. The van der Waals surface area contributed by atoms with E-state index in [0.29, 0.717) is 5.92 Å². The first-order valence-electron chi connectivity index (χ1n) is 7.76. The highest BCUT2D eigenvalue weighted by Gasteiger charge is 2.25. The summed E-state index contributed by atoms with van der Waals surface area (Å²) in [7, 11) is 0. The molecule has 1 N–H and O–H groups in total. The van der Waals surface area contributed by atoms with E-state index >= 15 is 0 Å². The predicted octanol–water partition coefficient (Wildman–Crippen LogP) is 3.14. The van der Waals surface area contributed by atoms with Crippen LogP contribution in [0.4, 0.5) is 0 Å². The predicted molar refractivity (Wildman–Crippen MR) is 87.4 cm³/mol. The lowest BCUT2D eigenvalue weighted by atomic mass is 9.93. The van der Waals surface area contributed by atoms with Crippen LogP contribution in [-0.2, 0) is 4.79 Å². The summed E-state index contributed by atoms with van der Waals surface area (Å²) in [6.07, 6.45) is 7.56. The largest absolute Gasteiger partial charge is 0.338 e. The third-order valence-electron chi connectivity index (χ3n) is 4.23. The molecule has 2 heterocycles. The molecule has 1 fully saturated rings. The van der Waals surface area contributed by atoms with Crippen LogP contribution in [-0.4, -0.2) is 34.1 Å². The van der Waals surface area contributed by atoms with Crippen molar-refractivity contribution in [3.63, 3.8) is 0 Å². The van der Waals surface area contributed by atoms with E-state index in [1.807, 2.05) is 47.5 Å². The molecule has 1 amide bonds. The maximum atomic E-state index is 12.4. The molecule has 1 aromatic heterocycles. The van der Waals surface area contributed by atoms with E-state index in [-0.39, 0.29) is 5.91 Å². The van der Waals surface area contributed by atoms with Gasteiger partial charge in [-0.15, -0.1) is 0 Å². The van der Waals surface area contributed by atoms with Crippen molar-refractivity contribution >= 4 is 12.0 Å². The van der Waals surface area contributed by atoms with E-state index < -0.39 is 0 Å². The van der Waals surface area contributed by atoms with Gasteiger partial charge in [0.25, 0.3) is 0 Å². The number of aromatic amines is 1. The van der Waals surface area contributed by atoms with Gasteiger partial charge in [0.05, 0.1) is 6.20 Å². The average Bonchev–Trinajstić information content (AvgIpc) is 3.00. The molecular weight excluding hydrogens is 274 g/mol. The van der Waals surface area contributed by atoms with E-state index in [0.717, 1.165) is 31.5 Å². The second-order valence-corrected chi connectivity index (χ2v) is 5.83. The normalized spacial score (nSPS) is 18.8. The Morgan fingerprint density at radius 3 is 2.91 bits per heavy atom. The van der Waals surface area contributed by atoms with Crippen LogP contribution in [0.5, 0.6) is 0 Å². The van der Waals surface area contributed by atoms with Gasteiger partial charge in [0, 0.05) is 30.8 Å². The fraction of sp³-hybridized carbons (Fsp3) is 0.333. The quantitative estimate of drug-likeness (QED) is 0.884. The van der Waals surface area contributed by atoms with Gasteiger partial charge in [-0.2, -0.15) is 5.10 Å². The lowest BCUT2D eigenvalue weighted by Crippen LogP contribution is -2.38. The molecule has 1 aliphatic heterocycles. The number of hydrogen-bond donors (Lipinski definition) is 1. The second-order valence-electron chi connectivity index (χ2n) is 5.83. The number of carbonyl (C=O) groups is 1. The number of piperidine rings is 1. The molecule has 0 spiro atoms. The van der Waals surface area contributed by atoms with Crippen LogP contribution in [0.3, 0.4) is 0 Å². The third-order valence-corrected chi connectivity index (χ3v) is 4.23. The smallest absolute Gasteiger partial charge is 0.246 e. The number of aromatic nitrogens is 2. The Kier molecular flexibility index (Phi) is 4.37. The van der Waals surface area contributed by atoms with Crippen molar-refractivity contribution in [2.75, 3.05) is 13.1 Å². The molecule has 1 aromatic carbocycles. The number of carbonyl (C=O) groups excluding carboxylic acids is 1. The molecule has 3 rings (SSSR count). The maximum Gasteiger partial charge on any atom is 0.246 e. The molecule has 0 bridgehead atoms. The molecule has 0 radical (unpaired) electrons. The Morgan fingerprint density at radius 1 is 1.36 bits per heavy atom. The number of rotatable bonds is 3. The summed E-state index contributed by atoms with van der Waals surface area (Å²) in [6.45, 7) is 3.66. The maximum absolute atomic E-state index is 12.4. The zero-order valence-corrected chi connectivity index (χ0v) is 12.8. The summed E-state index contributed by atoms with van der Waals surface area (Å²) in [6, 6.07) is 9.92. The number of nitrogens with one attached hydrogen (secondary N) is 1. The summed E-state index contributed by atoms with van der Waals surface area (Å²) in [5, 5.41) is 7.19. The zero-order valence-electron chi connectivity index (χ0n) is 12.8. The highest BCUT2D eigenvalue weighted by Crippen LogP contribution is 2.27. The fourth-order valence-corrected chi connectivity index (χ4v) is 3.02. The SMILES string of the molecule is Cc1cn[nH]c1[C@H]1CCCN(C(=O)/C=C/c2ccccc2)C1. The number of amides is 1. The van der Waals surface area contributed by atoms with Gasteiger partial charge in [-0.25, -0.2) is 0 Å². The van der Waals surface area contributed by atoms with E-state index in [1.54, 1.807) is 6.08 Å². The van der Waals surface area contributed by atoms with Crippen LogP contribution < -0.4 is 0 Å². The Hall–Kier alpha value is -2.36. The Balaban J connectivity index is 1.66. The lowest BCUT2D eigenvalue weighted by molar-refractivity contribution is -0.127. The first-order chi connectivity index (χ1) is 10.7. The van der Waals surface area contributed by atoms with Crippen LogP contribution in [0.2, 0.25) is 0 Å². The molecule has 4 nitrogen and oxygen atoms in total. The third kappa shape index (κ3) is 3.27. The number of nitrogens with zero attached hydrogens (tertiary/aromatic N) is 2. The van der Waals surface area contributed by atoms with Crippen molar-refractivity contribution in [3.05, 3.63) is 59.4 Å². The van der Waals surface area contributed by atoms with Gasteiger partial charge in [0.15, 0.2) is 0 Å². The van der Waals surface area contributed by atoms with Gasteiger partial charge in [0.2, 0.25) is 5.91 Å². The summed E-state index contributed by atoms with van der Waals surface area (Å²) < 4.78 is 0. The summed E-state index contributed by atoms with van der Waals surface area (Å²) in [5.74, 6) is 0.455. The number of likely N-dealkylation sites (tertiary alicyclic amines) is 1. The minimum absolute atomic E-state index is 0.0886. The Labute approximate surface area is 130 Å². The number of hydrogen-bond acceptors (Lipinski definition) is 2. The highest BCUT2D eigenvalue weighted by molar-refractivity contribution is 5.91. The van der Waals surface area contributed by atoms with Crippen molar-refractivity contribution in [1.29, 1.82) is 0 Å². The number of benzene rings is 1. The lowest BCUT2D eigenvalue weighted by Gasteiger charge is -2.32. The van der Waals surface area contributed by atoms with Crippen LogP contribution in [0, 0.1) is 6.92 Å². The molecule has 0 unspecified atom stereocenters. The molecule has 4 heteroatoms. The van der Waals surface area contributed by atoms with Gasteiger partial charge in [-0.3, -0.25) is 9.89 Å². The van der Waals surface area contributed by atoms with Crippen molar-refractivity contribution in [2.24, 2.45) is 0 Å². The molecule has 1 saturated heterocycles. The summed E-state index contributed by atoms with van der Waals surface area (Å²) >= 11 is 0. The minimum atomic E-state index is 0.0886. The van der Waals surface area contributed by atoms with Crippen molar-refractivity contribution in [3.8, 4) is 0 Å². The van der Waals surface area contributed by atoms with Crippen molar-refractivity contribution in [1.82, 2.24) is 15.1 Å². The average molecular weight is 295 g/mol. The molecule has 1 aliphatic rings. The fourth-order valence-electron chi connectivity index (χ4n) is 3.02. The standard InChI is InChI=1S/C18H21N3O/c1-14-12-19-20-18(14)16-8-5-11-21(13-16)17(22)10-9-15-6-3-2-4-7-15/h2-4,6-7,9-10,12,16H,5,8,11,13H2,1H3,(H,19,20)/b10-9+/t16-/m0/s1. The zero-order chi connectivity index (χ0) is 15.4. The first kappa shape index (κ1) is 14.6. The molecule has 2 aromatic rings. The van der Waals surface area contributed by atoms with Crippen molar-refractivity contribution in [2.45, 2.75) is 25.7 Å². The highest BCUT2D eigenvalue weighted by atomic mass is 16.2. The first-order valence-corrected chi connectivity index (χ1v) is 7.76. The molecule has 1 atom stereocenters. The Bertz CT molecular complexity index is 660. The molecular formula is C18H21N3O. The van der Waals surface area contributed by atoms with Crippen LogP contribution in [0.25, 0.3) is 6.08 Å².